The Morgan fingerprint density at radius 1 is 1.09 bits per heavy atom. The Balaban J connectivity index is 1.67. The number of para-hydroxylation sites is 1. The van der Waals surface area contributed by atoms with Crippen molar-refractivity contribution in [2.45, 2.75) is 13.0 Å². The van der Waals surface area contributed by atoms with Crippen LogP contribution in [0.5, 0.6) is 0 Å². The second-order valence-corrected chi connectivity index (χ2v) is 5.76. The van der Waals surface area contributed by atoms with Crippen molar-refractivity contribution in [2.75, 3.05) is 13.1 Å². The van der Waals surface area contributed by atoms with Crippen LogP contribution in [-0.4, -0.2) is 23.0 Å². The topological polar surface area (TPSA) is 19.0 Å². The van der Waals surface area contributed by atoms with Gasteiger partial charge in [0.05, 0.1) is 0 Å². The molecule has 1 heterocycles. The van der Waals surface area contributed by atoms with Crippen LogP contribution in [0.1, 0.15) is 11.1 Å². The third kappa shape index (κ3) is 3.88. The third-order valence-electron chi connectivity index (χ3n) is 4.08. The Morgan fingerprint density at radius 2 is 1.87 bits per heavy atom. The lowest BCUT2D eigenvalue weighted by atomic mass is 10.1. The smallest absolute Gasteiger partial charge is 0.123 e. The van der Waals surface area contributed by atoms with E-state index >= 15 is 0 Å². The van der Waals surface area contributed by atoms with E-state index in [1.807, 2.05) is 24.3 Å². The zero-order chi connectivity index (χ0) is 16.1. The van der Waals surface area contributed by atoms with E-state index in [1.165, 1.54) is 28.6 Å². The summed E-state index contributed by atoms with van der Waals surface area (Å²) >= 11 is 0. The first-order valence-electron chi connectivity index (χ1n) is 7.89. The first-order chi connectivity index (χ1) is 11.3. The number of fused-ring (bicyclic) bond motifs is 1. The van der Waals surface area contributed by atoms with Gasteiger partial charge in [-0.1, -0.05) is 36.4 Å². The third-order valence-corrected chi connectivity index (χ3v) is 4.08. The van der Waals surface area contributed by atoms with Crippen LogP contribution < -0.4 is 0 Å². The van der Waals surface area contributed by atoms with Gasteiger partial charge in [0.15, 0.2) is 0 Å². The first-order valence-corrected chi connectivity index (χ1v) is 7.89. The van der Waals surface area contributed by atoms with Crippen molar-refractivity contribution in [3.05, 3.63) is 84.3 Å². The zero-order valence-corrected chi connectivity index (χ0v) is 13.1. The van der Waals surface area contributed by atoms with Crippen LogP contribution in [0.2, 0.25) is 0 Å². The number of hydrogen-bond acceptors (Lipinski definition) is 1. The summed E-state index contributed by atoms with van der Waals surface area (Å²) in [5.74, 6) is -0.192. The van der Waals surface area contributed by atoms with Gasteiger partial charge in [-0.3, -0.25) is 4.90 Å². The molecule has 0 saturated carbocycles. The highest BCUT2D eigenvalue weighted by Gasteiger charge is 2.08. The Morgan fingerprint density at radius 3 is 2.65 bits per heavy atom. The second-order valence-electron chi connectivity index (χ2n) is 5.76. The van der Waals surface area contributed by atoms with Crippen molar-refractivity contribution in [1.29, 1.82) is 0 Å². The van der Waals surface area contributed by atoms with Crippen molar-refractivity contribution in [1.82, 2.24) is 9.88 Å². The van der Waals surface area contributed by atoms with Gasteiger partial charge in [0.2, 0.25) is 0 Å². The van der Waals surface area contributed by atoms with Crippen LogP contribution >= 0.6 is 0 Å². The Hall–Kier alpha value is -2.39. The SMILES string of the molecule is C=CCN(CCc1c[nH]c2ccccc12)Cc1ccc(F)cc1. The van der Waals surface area contributed by atoms with Crippen molar-refractivity contribution < 1.29 is 4.39 Å². The lowest BCUT2D eigenvalue weighted by molar-refractivity contribution is 0.298. The van der Waals surface area contributed by atoms with Crippen LogP contribution in [0.4, 0.5) is 4.39 Å². The fourth-order valence-corrected chi connectivity index (χ4v) is 2.88. The molecule has 1 N–H and O–H groups in total. The summed E-state index contributed by atoms with van der Waals surface area (Å²) in [5, 5.41) is 1.29. The minimum Gasteiger partial charge on any atom is -0.361 e. The Kier molecular flexibility index (Phi) is 4.89. The fraction of sp³-hybridized carbons (Fsp3) is 0.200. The van der Waals surface area contributed by atoms with E-state index in [4.69, 9.17) is 0 Å². The van der Waals surface area contributed by atoms with Crippen LogP contribution in [0.3, 0.4) is 0 Å². The average Bonchev–Trinajstić information content (AvgIpc) is 2.98. The molecular formula is C20H21FN2. The molecule has 1 aromatic heterocycles. The summed E-state index contributed by atoms with van der Waals surface area (Å²) in [6.45, 7) is 6.40. The molecule has 118 valence electrons. The van der Waals surface area contributed by atoms with E-state index in [2.05, 4.69) is 40.9 Å². The van der Waals surface area contributed by atoms with Gasteiger partial charge in [0, 0.05) is 36.7 Å². The van der Waals surface area contributed by atoms with Gasteiger partial charge in [-0.15, -0.1) is 6.58 Å². The van der Waals surface area contributed by atoms with Crippen molar-refractivity contribution in [2.24, 2.45) is 0 Å². The molecule has 0 saturated heterocycles. The molecular weight excluding hydrogens is 287 g/mol. The highest BCUT2D eigenvalue weighted by Crippen LogP contribution is 2.18. The van der Waals surface area contributed by atoms with Gasteiger partial charge in [-0.25, -0.2) is 4.39 Å². The summed E-state index contributed by atoms with van der Waals surface area (Å²) in [5.41, 5.74) is 3.62. The monoisotopic (exact) mass is 308 g/mol. The molecule has 3 rings (SSSR count). The zero-order valence-electron chi connectivity index (χ0n) is 13.1. The molecule has 0 spiro atoms. The number of halogens is 1. The lowest BCUT2D eigenvalue weighted by Crippen LogP contribution is -2.25. The predicted octanol–water partition coefficient (Wildman–Crippen LogP) is 4.54. The quantitative estimate of drug-likeness (QED) is 0.635. The first kappa shape index (κ1) is 15.5. The molecule has 0 aliphatic rings. The van der Waals surface area contributed by atoms with Crippen molar-refractivity contribution in [3.8, 4) is 0 Å². The molecule has 3 heteroatoms. The minimum absolute atomic E-state index is 0.192. The molecule has 0 amide bonds. The standard InChI is InChI=1S/C20H21FN2/c1-2-12-23(15-16-7-9-18(21)10-8-16)13-11-17-14-22-20-6-4-3-5-19(17)20/h2-10,14,22H,1,11-13,15H2. The highest BCUT2D eigenvalue weighted by molar-refractivity contribution is 5.83. The minimum atomic E-state index is -0.192. The molecule has 2 nitrogen and oxygen atoms in total. The lowest BCUT2D eigenvalue weighted by Gasteiger charge is -2.20. The molecule has 0 atom stereocenters. The number of H-pyrrole nitrogens is 1. The van der Waals surface area contributed by atoms with Gasteiger partial charge in [-0.2, -0.15) is 0 Å². The fourth-order valence-electron chi connectivity index (χ4n) is 2.88. The molecule has 3 aromatic rings. The molecule has 0 fully saturated rings. The van der Waals surface area contributed by atoms with Gasteiger partial charge in [-0.05, 0) is 35.7 Å². The highest BCUT2D eigenvalue weighted by atomic mass is 19.1. The van der Waals surface area contributed by atoms with E-state index in [-0.39, 0.29) is 5.82 Å². The number of nitrogens with zero attached hydrogens (tertiary/aromatic N) is 1. The molecule has 2 aromatic carbocycles. The Bertz CT molecular complexity index is 774. The van der Waals surface area contributed by atoms with Gasteiger partial charge in [0.25, 0.3) is 0 Å². The molecule has 0 radical (unpaired) electrons. The number of nitrogens with one attached hydrogen (secondary N) is 1. The molecule has 0 bridgehead atoms. The number of aromatic amines is 1. The molecule has 0 aliphatic heterocycles. The Labute approximate surface area is 136 Å². The normalized spacial score (nSPS) is 11.2. The number of hydrogen-bond donors (Lipinski definition) is 1. The number of benzene rings is 2. The molecule has 0 aliphatic carbocycles. The summed E-state index contributed by atoms with van der Waals surface area (Å²) in [4.78, 5) is 5.64. The summed E-state index contributed by atoms with van der Waals surface area (Å²) in [6, 6.07) is 15.1. The van der Waals surface area contributed by atoms with Gasteiger partial charge in [0.1, 0.15) is 5.82 Å². The van der Waals surface area contributed by atoms with E-state index in [0.29, 0.717) is 0 Å². The number of rotatable bonds is 7. The maximum absolute atomic E-state index is 13.0. The molecule has 0 unspecified atom stereocenters. The largest absolute Gasteiger partial charge is 0.361 e. The van der Waals surface area contributed by atoms with E-state index in [1.54, 1.807) is 0 Å². The average molecular weight is 308 g/mol. The van der Waals surface area contributed by atoms with Crippen molar-refractivity contribution in [3.63, 3.8) is 0 Å². The van der Waals surface area contributed by atoms with Crippen LogP contribution in [-0.2, 0) is 13.0 Å². The van der Waals surface area contributed by atoms with Crippen LogP contribution in [0.15, 0.2) is 67.4 Å². The van der Waals surface area contributed by atoms with E-state index in [9.17, 15) is 4.39 Å². The van der Waals surface area contributed by atoms with Crippen LogP contribution in [0, 0.1) is 5.82 Å². The van der Waals surface area contributed by atoms with E-state index < -0.39 is 0 Å². The summed E-state index contributed by atoms with van der Waals surface area (Å²) in [7, 11) is 0. The summed E-state index contributed by atoms with van der Waals surface area (Å²) < 4.78 is 13.0. The van der Waals surface area contributed by atoms with Crippen molar-refractivity contribution >= 4 is 10.9 Å². The predicted molar refractivity (Wildman–Crippen MR) is 93.9 cm³/mol. The molecule has 23 heavy (non-hydrogen) atoms. The summed E-state index contributed by atoms with van der Waals surface area (Å²) in [6.07, 6.45) is 4.98. The van der Waals surface area contributed by atoms with Crippen LogP contribution in [0.25, 0.3) is 10.9 Å². The van der Waals surface area contributed by atoms with Gasteiger partial charge >= 0.3 is 0 Å². The second kappa shape index (κ2) is 7.25. The van der Waals surface area contributed by atoms with Gasteiger partial charge < -0.3 is 4.98 Å². The maximum atomic E-state index is 13.0. The maximum Gasteiger partial charge on any atom is 0.123 e. The van der Waals surface area contributed by atoms with E-state index in [0.717, 1.165) is 31.6 Å². The number of aromatic nitrogens is 1.